The summed E-state index contributed by atoms with van der Waals surface area (Å²) in [7, 11) is 0. The van der Waals surface area contributed by atoms with E-state index in [0.717, 1.165) is 4.90 Å². The van der Waals surface area contributed by atoms with Crippen molar-refractivity contribution in [1.82, 2.24) is 5.32 Å². The molecule has 3 N–H and O–H groups in total. The molecule has 1 aromatic rings. The monoisotopic (exact) mass is 268 g/mol. The van der Waals surface area contributed by atoms with Crippen molar-refractivity contribution in [2.24, 2.45) is 0 Å². The first-order valence-corrected chi connectivity index (χ1v) is 6.75. The molecular formula is C12H16N2O3S. The summed E-state index contributed by atoms with van der Waals surface area (Å²) < 4.78 is 0. The number of hydrogen-bond acceptors (Lipinski definition) is 3. The number of amides is 2. The van der Waals surface area contributed by atoms with Crippen LogP contribution in [0.5, 0.6) is 0 Å². The number of carboxylic acid groups (broad SMARTS) is 1. The Morgan fingerprint density at radius 1 is 1.28 bits per heavy atom. The van der Waals surface area contributed by atoms with Gasteiger partial charge in [0.05, 0.1) is 0 Å². The molecule has 0 fully saturated rings. The fourth-order valence-corrected chi connectivity index (χ4v) is 1.70. The van der Waals surface area contributed by atoms with Gasteiger partial charge in [-0.1, -0.05) is 0 Å². The summed E-state index contributed by atoms with van der Waals surface area (Å²) >= 11 is 1.63. The van der Waals surface area contributed by atoms with E-state index in [1.165, 1.54) is 0 Å². The van der Waals surface area contributed by atoms with Crippen molar-refractivity contribution in [1.29, 1.82) is 0 Å². The van der Waals surface area contributed by atoms with Crippen LogP contribution in [0.3, 0.4) is 0 Å². The molecule has 0 aromatic heterocycles. The number of nitrogens with one attached hydrogen (secondary N) is 2. The van der Waals surface area contributed by atoms with Gasteiger partial charge in [-0.2, -0.15) is 0 Å². The van der Waals surface area contributed by atoms with Gasteiger partial charge in [-0.15, -0.1) is 11.8 Å². The van der Waals surface area contributed by atoms with E-state index in [-0.39, 0.29) is 12.5 Å². The van der Waals surface area contributed by atoms with Gasteiger partial charge in [-0.3, -0.25) is 4.79 Å². The van der Waals surface area contributed by atoms with Gasteiger partial charge in [-0.25, -0.2) is 4.79 Å². The molecule has 98 valence electrons. The molecule has 0 radical (unpaired) electrons. The number of urea groups is 1. The molecule has 6 heteroatoms. The van der Waals surface area contributed by atoms with Crippen LogP contribution in [-0.4, -0.2) is 29.9 Å². The standard InChI is InChI=1S/C12H16N2O3S/c1-18-10-6-4-9(5-7-10)14-12(17)13-8-2-3-11(15)16/h4-7H,2-3,8H2,1H3,(H,15,16)(H2,13,14,17). The zero-order chi connectivity index (χ0) is 13.4. The summed E-state index contributed by atoms with van der Waals surface area (Å²) in [5.74, 6) is -0.857. The fraction of sp³-hybridized carbons (Fsp3) is 0.333. The van der Waals surface area contributed by atoms with E-state index in [2.05, 4.69) is 10.6 Å². The number of hydrogen-bond donors (Lipinski definition) is 3. The molecule has 0 saturated carbocycles. The Kier molecular flexibility index (Phi) is 6.07. The highest BCUT2D eigenvalue weighted by Crippen LogP contribution is 2.17. The molecule has 0 spiro atoms. The molecule has 0 aliphatic heterocycles. The Labute approximate surface area is 110 Å². The first-order chi connectivity index (χ1) is 8.61. The SMILES string of the molecule is CSc1ccc(NC(=O)NCCCC(=O)O)cc1. The molecule has 1 aromatic carbocycles. The fourth-order valence-electron chi connectivity index (χ4n) is 1.29. The smallest absolute Gasteiger partial charge is 0.319 e. The second-order valence-corrected chi connectivity index (χ2v) is 4.49. The van der Waals surface area contributed by atoms with Crippen molar-refractivity contribution in [2.45, 2.75) is 17.7 Å². The van der Waals surface area contributed by atoms with Crippen LogP contribution in [0.2, 0.25) is 0 Å². The summed E-state index contributed by atoms with van der Waals surface area (Å²) in [6, 6.07) is 7.16. The lowest BCUT2D eigenvalue weighted by atomic mass is 10.3. The highest BCUT2D eigenvalue weighted by molar-refractivity contribution is 7.98. The van der Waals surface area contributed by atoms with Gasteiger partial charge in [0.2, 0.25) is 0 Å². The van der Waals surface area contributed by atoms with Crippen molar-refractivity contribution < 1.29 is 14.7 Å². The number of anilines is 1. The van der Waals surface area contributed by atoms with Gasteiger partial charge in [-0.05, 0) is 36.9 Å². The highest BCUT2D eigenvalue weighted by Gasteiger charge is 2.02. The first-order valence-electron chi connectivity index (χ1n) is 5.52. The molecule has 0 aliphatic rings. The lowest BCUT2D eigenvalue weighted by molar-refractivity contribution is -0.137. The third-order valence-corrected chi connectivity index (χ3v) is 2.94. The average molecular weight is 268 g/mol. The lowest BCUT2D eigenvalue weighted by Gasteiger charge is -2.07. The number of carbonyl (C=O) groups is 2. The van der Waals surface area contributed by atoms with Crippen molar-refractivity contribution in [3.63, 3.8) is 0 Å². The second kappa shape index (κ2) is 7.60. The van der Waals surface area contributed by atoms with Crippen LogP contribution in [0.25, 0.3) is 0 Å². The second-order valence-electron chi connectivity index (χ2n) is 3.61. The Morgan fingerprint density at radius 2 is 1.94 bits per heavy atom. The quantitative estimate of drug-likeness (QED) is 0.547. The van der Waals surface area contributed by atoms with E-state index in [1.807, 2.05) is 30.5 Å². The van der Waals surface area contributed by atoms with E-state index < -0.39 is 5.97 Å². The zero-order valence-corrected chi connectivity index (χ0v) is 10.9. The number of rotatable bonds is 6. The molecular weight excluding hydrogens is 252 g/mol. The molecule has 18 heavy (non-hydrogen) atoms. The topological polar surface area (TPSA) is 78.4 Å². The summed E-state index contributed by atoms with van der Waals surface area (Å²) in [4.78, 5) is 22.8. The Balaban J connectivity index is 2.28. The van der Waals surface area contributed by atoms with Crippen LogP contribution >= 0.6 is 11.8 Å². The van der Waals surface area contributed by atoms with E-state index in [9.17, 15) is 9.59 Å². The van der Waals surface area contributed by atoms with Gasteiger partial charge in [0, 0.05) is 23.5 Å². The average Bonchev–Trinajstić information content (AvgIpc) is 2.35. The molecule has 0 atom stereocenters. The molecule has 0 aliphatic carbocycles. The Hall–Kier alpha value is -1.69. The minimum absolute atomic E-state index is 0.0582. The molecule has 0 saturated heterocycles. The minimum atomic E-state index is -0.857. The maximum atomic E-state index is 11.4. The summed E-state index contributed by atoms with van der Waals surface area (Å²) in [6.07, 6.45) is 2.47. The maximum absolute atomic E-state index is 11.4. The lowest BCUT2D eigenvalue weighted by Crippen LogP contribution is -2.29. The largest absolute Gasteiger partial charge is 0.481 e. The van der Waals surface area contributed by atoms with Crippen LogP contribution in [0, 0.1) is 0 Å². The van der Waals surface area contributed by atoms with E-state index in [0.29, 0.717) is 18.7 Å². The number of benzene rings is 1. The predicted molar refractivity (Wildman–Crippen MR) is 72.1 cm³/mol. The van der Waals surface area contributed by atoms with E-state index in [4.69, 9.17) is 5.11 Å². The van der Waals surface area contributed by atoms with E-state index >= 15 is 0 Å². The van der Waals surface area contributed by atoms with Crippen molar-refractivity contribution in [2.75, 3.05) is 18.1 Å². The number of aliphatic carboxylic acids is 1. The highest BCUT2D eigenvalue weighted by atomic mass is 32.2. The number of carboxylic acids is 1. The van der Waals surface area contributed by atoms with Crippen LogP contribution in [0.15, 0.2) is 29.2 Å². The van der Waals surface area contributed by atoms with Crippen molar-refractivity contribution >= 4 is 29.4 Å². The van der Waals surface area contributed by atoms with Crippen LogP contribution in [0.1, 0.15) is 12.8 Å². The van der Waals surface area contributed by atoms with Crippen LogP contribution in [-0.2, 0) is 4.79 Å². The van der Waals surface area contributed by atoms with Crippen LogP contribution < -0.4 is 10.6 Å². The molecule has 1 rings (SSSR count). The summed E-state index contributed by atoms with van der Waals surface area (Å²) in [6.45, 7) is 0.348. The molecule has 0 heterocycles. The third-order valence-electron chi connectivity index (χ3n) is 2.20. The zero-order valence-electron chi connectivity index (χ0n) is 10.1. The van der Waals surface area contributed by atoms with Gasteiger partial charge in [0.25, 0.3) is 0 Å². The normalized spacial score (nSPS) is 9.83. The molecule has 5 nitrogen and oxygen atoms in total. The van der Waals surface area contributed by atoms with Crippen molar-refractivity contribution in [3.05, 3.63) is 24.3 Å². The predicted octanol–water partition coefficient (Wildman–Crippen LogP) is 2.39. The summed E-state index contributed by atoms with van der Waals surface area (Å²) in [5.41, 5.74) is 0.712. The van der Waals surface area contributed by atoms with Gasteiger partial charge >= 0.3 is 12.0 Å². The molecule has 0 unspecified atom stereocenters. The van der Waals surface area contributed by atoms with Gasteiger partial charge in [0.1, 0.15) is 0 Å². The minimum Gasteiger partial charge on any atom is -0.481 e. The Morgan fingerprint density at radius 3 is 2.50 bits per heavy atom. The van der Waals surface area contributed by atoms with Crippen LogP contribution in [0.4, 0.5) is 10.5 Å². The number of carbonyl (C=O) groups excluding carboxylic acids is 1. The van der Waals surface area contributed by atoms with E-state index in [1.54, 1.807) is 11.8 Å². The Bertz CT molecular complexity index is 406. The van der Waals surface area contributed by atoms with Crippen molar-refractivity contribution in [3.8, 4) is 0 Å². The third kappa shape index (κ3) is 5.58. The molecule has 2 amide bonds. The first kappa shape index (κ1) is 14.4. The summed E-state index contributed by atoms with van der Waals surface area (Å²) in [5, 5.41) is 13.7. The van der Waals surface area contributed by atoms with Gasteiger partial charge < -0.3 is 15.7 Å². The van der Waals surface area contributed by atoms with Gasteiger partial charge in [0.15, 0.2) is 0 Å². The number of thioether (sulfide) groups is 1. The molecule has 0 bridgehead atoms. The maximum Gasteiger partial charge on any atom is 0.319 e.